The molecule has 0 unspecified atom stereocenters. The molecule has 0 spiro atoms. The summed E-state index contributed by atoms with van der Waals surface area (Å²) in [4.78, 5) is 38.0. The molecule has 0 radical (unpaired) electrons. The van der Waals surface area contributed by atoms with E-state index in [4.69, 9.17) is 9.90 Å². The molecule has 162 valence electrons. The van der Waals surface area contributed by atoms with Gasteiger partial charge in [0.15, 0.2) is 0 Å². The summed E-state index contributed by atoms with van der Waals surface area (Å²) in [6, 6.07) is 0. The van der Waals surface area contributed by atoms with Crippen LogP contribution in [0.25, 0.3) is 0 Å². The number of primary amides is 2. The molecule has 31 heavy (non-hydrogen) atoms. The van der Waals surface area contributed by atoms with Gasteiger partial charge in [-0.05, 0) is 30.7 Å². The third kappa shape index (κ3) is 121. The van der Waals surface area contributed by atoms with Crippen molar-refractivity contribution in [3.8, 4) is 0 Å². The summed E-state index contributed by atoms with van der Waals surface area (Å²) in [5.74, 6) is -2.69. The van der Waals surface area contributed by atoms with Gasteiger partial charge in [-0.25, -0.2) is 8.42 Å². The van der Waals surface area contributed by atoms with Crippen molar-refractivity contribution in [1.82, 2.24) is 5.32 Å². The number of carbonyl (C=O) groups is 4. The largest absolute Gasteiger partial charge is 1.00 e. The fraction of sp³-hybridized carbons (Fsp3) is 0.188. The van der Waals surface area contributed by atoms with Crippen LogP contribution in [0.15, 0.2) is 50.6 Å². The normalized spacial score (nSPS) is 7.06. The number of amides is 3. The first-order valence-electron chi connectivity index (χ1n) is 6.99. The Labute approximate surface area is 250 Å². The van der Waals surface area contributed by atoms with Crippen LogP contribution in [0.1, 0.15) is 13.3 Å². The van der Waals surface area contributed by atoms with Crippen LogP contribution < -0.4 is 111 Å². The van der Waals surface area contributed by atoms with Crippen LogP contribution in [0.3, 0.4) is 0 Å². The number of carbonyl (C=O) groups excluding carboxylic acids is 4. The number of nitrogens with two attached hydrogens (primary N) is 2. The molecule has 0 aromatic heterocycles. The standard InChI is InChI=1S/C4H6NO.2C3H5NO.C3H8O3S.C3H4O2.3Na/c1-3-4(6)5-2;2*1-2-3(4)5;1-2-3-7(4,5)6;1-2-3(4)5;;;/h3H,1-2H2,(H,5,6);2*2H,1H2,(H2,4,5);2-3H2,1H3,(H,4,5,6);2H,1H2,(H,4,5);;;/q-1;;;;;3*+1/p-2. The first-order valence-corrected chi connectivity index (χ1v) is 8.56. The van der Waals surface area contributed by atoms with Crippen molar-refractivity contribution >= 4 is 33.8 Å². The van der Waals surface area contributed by atoms with Crippen LogP contribution in [0.5, 0.6) is 0 Å². The van der Waals surface area contributed by atoms with Gasteiger partial charge in [0.2, 0.25) is 17.7 Å². The molecule has 15 heteroatoms. The van der Waals surface area contributed by atoms with Gasteiger partial charge in [0.05, 0.1) is 16.1 Å². The summed E-state index contributed by atoms with van der Waals surface area (Å²) in [6.07, 6.45) is 4.40. The van der Waals surface area contributed by atoms with Crippen molar-refractivity contribution in [1.29, 1.82) is 0 Å². The Bertz CT molecular complexity index is 585. The molecule has 0 bridgehead atoms. The van der Waals surface area contributed by atoms with Crippen LogP contribution in [0.4, 0.5) is 0 Å². The predicted molar refractivity (Wildman–Crippen MR) is 103 cm³/mol. The van der Waals surface area contributed by atoms with Gasteiger partial charge in [-0.2, -0.15) is 0 Å². The Kier molecular flexibility index (Phi) is 68.1. The van der Waals surface area contributed by atoms with Crippen molar-refractivity contribution in [3.63, 3.8) is 0 Å². The molecule has 0 aliphatic heterocycles. The second-order valence-electron chi connectivity index (χ2n) is 3.74. The van der Waals surface area contributed by atoms with Gasteiger partial charge in [-0.1, -0.05) is 33.2 Å². The SMILES string of the molecule is C=CC(=O)N[CH2-].C=CC(=O)[O-].C=CC(N)=O.C=CC(N)=O.CCCS(=O)(=O)[O-].[Na+].[Na+].[Na+]. The molecular formula is C16H26N3Na3O8S. The van der Waals surface area contributed by atoms with Crippen LogP contribution in [-0.2, 0) is 29.3 Å². The van der Waals surface area contributed by atoms with Crippen LogP contribution in [-0.4, -0.2) is 42.4 Å². The van der Waals surface area contributed by atoms with E-state index in [1.165, 1.54) is 0 Å². The number of carboxylic acid groups (broad SMARTS) is 1. The van der Waals surface area contributed by atoms with Crippen molar-refractivity contribution in [2.45, 2.75) is 13.3 Å². The van der Waals surface area contributed by atoms with E-state index in [9.17, 15) is 27.4 Å². The molecular weight excluding hydrogens is 463 g/mol. The minimum atomic E-state index is -3.92. The van der Waals surface area contributed by atoms with E-state index in [2.05, 4.69) is 50.1 Å². The smallest absolute Gasteiger partial charge is 0.748 e. The summed E-state index contributed by atoms with van der Waals surface area (Å²) in [6.45, 7) is 13.9. The number of carboxylic acids is 1. The third-order valence-electron chi connectivity index (χ3n) is 1.38. The van der Waals surface area contributed by atoms with Gasteiger partial charge in [0.1, 0.15) is 0 Å². The molecule has 0 saturated heterocycles. The Balaban J connectivity index is -0.0000000349. The molecule has 0 aliphatic carbocycles. The molecule has 0 rings (SSSR count). The summed E-state index contributed by atoms with van der Waals surface area (Å²) >= 11 is 0. The quantitative estimate of drug-likeness (QED) is 0.141. The minimum absolute atomic E-state index is 0. The van der Waals surface area contributed by atoms with E-state index < -0.39 is 27.9 Å². The number of nitrogens with one attached hydrogen (secondary N) is 1. The molecule has 3 amide bonds. The Morgan fingerprint density at radius 1 is 0.903 bits per heavy atom. The molecule has 5 N–H and O–H groups in total. The summed E-state index contributed by atoms with van der Waals surface area (Å²) in [7, 11) is -0.839. The second-order valence-corrected chi connectivity index (χ2v) is 5.27. The van der Waals surface area contributed by atoms with Crippen molar-refractivity contribution in [3.05, 3.63) is 57.7 Å². The molecule has 11 nitrogen and oxygen atoms in total. The summed E-state index contributed by atoms with van der Waals surface area (Å²) < 4.78 is 29.0. The van der Waals surface area contributed by atoms with Crippen LogP contribution in [0.2, 0.25) is 0 Å². The zero-order valence-electron chi connectivity index (χ0n) is 18.6. The van der Waals surface area contributed by atoms with Crippen molar-refractivity contribution in [2.75, 3.05) is 5.75 Å². The molecule has 0 aromatic rings. The van der Waals surface area contributed by atoms with E-state index in [0.29, 0.717) is 6.42 Å². The van der Waals surface area contributed by atoms with E-state index in [1.54, 1.807) is 6.92 Å². The molecule has 0 aromatic carbocycles. The topological polar surface area (TPSA) is 213 Å². The average Bonchev–Trinajstić information content (AvgIpc) is 2.61. The zero-order chi connectivity index (χ0) is 23.8. The van der Waals surface area contributed by atoms with E-state index in [0.717, 1.165) is 24.3 Å². The van der Waals surface area contributed by atoms with E-state index >= 15 is 0 Å². The Morgan fingerprint density at radius 3 is 1.16 bits per heavy atom. The monoisotopic (exact) mass is 489 g/mol. The number of rotatable bonds is 6. The predicted octanol–water partition coefficient (Wildman–Crippen LogP) is -10.7. The van der Waals surface area contributed by atoms with Gasteiger partial charge in [0.25, 0.3) is 0 Å². The minimum Gasteiger partial charge on any atom is -0.748 e. The van der Waals surface area contributed by atoms with Gasteiger partial charge in [0, 0.05) is 5.75 Å². The second kappa shape index (κ2) is 40.1. The van der Waals surface area contributed by atoms with Crippen LogP contribution >= 0.6 is 0 Å². The molecule has 0 atom stereocenters. The number of hydrogen-bond acceptors (Lipinski definition) is 8. The average molecular weight is 489 g/mol. The van der Waals surface area contributed by atoms with Crippen LogP contribution in [0, 0.1) is 7.05 Å². The van der Waals surface area contributed by atoms with Gasteiger partial charge in [-0.3, -0.25) is 21.4 Å². The molecule has 0 heterocycles. The maximum Gasteiger partial charge on any atom is 1.00 e. The van der Waals surface area contributed by atoms with Gasteiger partial charge < -0.3 is 31.2 Å². The molecule has 0 saturated carbocycles. The fourth-order valence-corrected chi connectivity index (χ4v) is 0.822. The first-order chi connectivity index (χ1) is 12.7. The van der Waals surface area contributed by atoms with E-state index in [1.807, 2.05) is 0 Å². The number of aliphatic carboxylic acids is 1. The fourth-order valence-electron chi connectivity index (χ4n) is 0.322. The van der Waals surface area contributed by atoms with Gasteiger partial charge in [-0.15, -0.1) is 0 Å². The third-order valence-corrected chi connectivity index (χ3v) is 2.29. The molecule has 0 aliphatic rings. The summed E-state index contributed by atoms with van der Waals surface area (Å²) in [5.41, 5.74) is 9.07. The maximum atomic E-state index is 9.89. The Morgan fingerprint density at radius 2 is 1.16 bits per heavy atom. The van der Waals surface area contributed by atoms with Gasteiger partial charge >= 0.3 is 88.7 Å². The van der Waals surface area contributed by atoms with Crippen molar-refractivity contribution in [2.24, 2.45) is 11.5 Å². The zero-order valence-corrected chi connectivity index (χ0v) is 25.4. The first kappa shape index (κ1) is 52.6. The number of hydrogen-bond donors (Lipinski definition) is 3. The summed E-state index contributed by atoms with van der Waals surface area (Å²) in [5, 5.41) is 11.2. The maximum absolute atomic E-state index is 9.89. The van der Waals surface area contributed by atoms with Crippen molar-refractivity contribution < 1.29 is 126 Å². The van der Waals surface area contributed by atoms with E-state index in [-0.39, 0.29) is 100 Å². The Hall–Kier alpha value is -0.250. The molecule has 0 fully saturated rings.